The number of hydrogen-bond acceptors (Lipinski definition) is 1. The highest BCUT2D eigenvalue weighted by Gasteiger charge is 2.16. The summed E-state index contributed by atoms with van der Waals surface area (Å²) in [5, 5.41) is 9.01. The summed E-state index contributed by atoms with van der Waals surface area (Å²) in [4.78, 5) is 11.0. The molecule has 1 atom stereocenters. The summed E-state index contributed by atoms with van der Waals surface area (Å²) in [6.07, 6.45) is -0.925. The Bertz CT molecular complexity index is 360. The van der Waals surface area contributed by atoms with Crippen LogP contribution in [-0.2, 0) is 4.79 Å². The van der Waals surface area contributed by atoms with E-state index in [0.29, 0.717) is 5.56 Å². The molecule has 1 rings (SSSR count). The number of carbonyl (C=O) groups is 1. The third-order valence-corrected chi connectivity index (χ3v) is 1.66. The number of allylic oxidation sites excluding steroid dienone is 1. The Labute approximate surface area is 80.3 Å². The molecule has 0 radical (unpaired) electrons. The van der Waals surface area contributed by atoms with Gasteiger partial charge in [-0.25, -0.2) is 0 Å². The molecule has 0 saturated carbocycles. The van der Waals surface area contributed by atoms with Crippen molar-refractivity contribution < 1.29 is 12.6 Å². The number of rotatable bonds is 4. The van der Waals surface area contributed by atoms with Gasteiger partial charge in [-0.2, -0.15) is 0 Å². The van der Waals surface area contributed by atoms with Crippen molar-refractivity contribution in [2.45, 2.75) is 12.3 Å². The van der Waals surface area contributed by atoms with Gasteiger partial charge in [-0.1, -0.05) is 36.4 Å². The van der Waals surface area contributed by atoms with Crippen LogP contribution in [0.5, 0.6) is 0 Å². The lowest BCUT2D eigenvalue weighted by atomic mass is 9.96. The summed E-state index contributed by atoms with van der Waals surface area (Å²) < 4.78 is 15.1. The van der Waals surface area contributed by atoms with Crippen molar-refractivity contribution >= 4 is 5.97 Å². The van der Waals surface area contributed by atoms with Crippen LogP contribution >= 0.6 is 0 Å². The highest BCUT2D eigenvalue weighted by atomic mass is 16.4. The van der Waals surface area contributed by atoms with Crippen molar-refractivity contribution in [1.29, 1.82) is 0 Å². The molecule has 0 fully saturated rings. The molecule has 0 aromatic heterocycles. The van der Waals surface area contributed by atoms with Gasteiger partial charge in [0.1, 0.15) is 0 Å². The van der Waals surface area contributed by atoms with Crippen LogP contribution in [0, 0.1) is 0 Å². The lowest BCUT2D eigenvalue weighted by Gasteiger charge is -2.09. The third kappa shape index (κ3) is 2.44. The number of benzene rings is 1. The van der Waals surface area contributed by atoms with Crippen molar-refractivity contribution in [3.63, 3.8) is 0 Å². The minimum absolute atomic E-state index is 0.440. The average molecular weight is 178 g/mol. The zero-order chi connectivity index (χ0) is 11.5. The molecule has 13 heavy (non-hydrogen) atoms. The fourth-order valence-electron chi connectivity index (χ4n) is 1.07. The van der Waals surface area contributed by atoms with Crippen molar-refractivity contribution in [3.05, 3.63) is 48.6 Å². The van der Waals surface area contributed by atoms with E-state index in [0.717, 1.165) is 6.08 Å². The van der Waals surface area contributed by atoms with E-state index in [-0.39, 0.29) is 0 Å². The molecule has 2 heteroatoms. The molecule has 1 N–H and O–H groups in total. The number of aliphatic carboxylic acids is 1. The Balaban J connectivity index is 3.15. The van der Waals surface area contributed by atoms with Crippen LogP contribution in [-0.4, -0.2) is 11.1 Å². The van der Waals surface area contributed by atoms with E-state index >= 15 is 0 Å². The maximum atomic E-state index is 11.0. The maximum Gasteiger partial charge on any atom is 0.311 e. The summed E-state index contributed by atoms with van der Waals surface area (Å²) >= 11 is 0. The van der Waals surface area contributed by atoms with Gasteiger partial charge in [0.15, 0.2) is 0 Å². The van der Waals surface area contributed by atoms with E-state index in [1.807, 2.05) is 0 Å². The predicted octanol–water partition coefficient (Wildman–Crippen LogP) is 2.43. The van der Waals surface area contributed by atoms with Crippen LogP contribution in [0.3, 0.4) is 0 Å². The van der Waals surface area contributed by atoms with E-state index in [9.17, 15) is 4.79 Å². The lowest BCUT2D eigenvalue weighted by molar-refractivity contribution is -0.138. The van der Waals surface area contributed by atoms with Gasteiger partial charge in [-0.15, -0.1) is 6.58 Å². The highest BCUT2D eigenvalue weighted by molar-refractivity contribution is 5.76. The molecular weight excluding hydrogens is 164 g/mol. The molecule has 0 aliphatic rings. The molecule has 0 bridgehead atoms. The molecule has 0 spiro atoms. The van der Waals surface area contributed by atoms with Gasteiger partial charge in [0.05, 0.1) is 5.92 Å². The summed E-state index contributed by atoms with van der Waals surface area (Å²) in [7, 11) is 0. The second-order valence-corrected chi connectivity index (χ2v) is 2.55. The van der Waals surface area contributed by atoms with Gasteiger partial charge < -0.3 is 5.11 Å². The second kappa shape index (κ2) is 4.45. The summed E-state index contributed by atoms with van der Waals surface area (Å²) in [5.74, 6) is -2.40. The number of carboxylic acid groups (broad SMARTS) is 1. The molecule has 0 amide bonds. The Kier molecular flexibility index (Phi) is 2.36. The standard InChI is InChI=1S/C11H12O2/c1-2-6-10(11(12)13)9-7-4-3-5-8-9/h2-5,7-8,10H,1,6H2,(H,12,13)/i6D2. The Morgan fingerprint density at radius 2 is 2.23 bits per heavy atom. The molecule has 1 aromatic carbocycles. The first kappa shape index (κ1) is 6.89. The molecule has 1 unspecified atom stereocenters. The monoisotopic (exact) mass is 178 g/mol. The first-order valence-electron chi connectivity index (χ1n) is 4.90. The first-order chi connectivity index (χ1) is 6.99. The van der Waals surface area contributed by atoms with Crippen LogP contribution in [0.25, 0.3) is 0 Å². The van der Waals surface area contributed by atoms with Crippen molar-refractivity contribution in [3.8, 4) is 0 Å². The molecule has 0 heterocycles. The van der Waals surface area contributed by atoms with Gasteiger partial charge in [-0.3, -0.25) is 4.79 Å². The maximum absolute atomic E-state index is 11.0. The normalized spacial score (nSPS) is 15.4. The molecule has 0 aliphatic heterocycles. The fourth-order valence-corrected chi connectivity index (χ4v) is 1.07. The van der Waals surface area contributed by atoms with Gasteiger partial charge in [-0.05, 0) is 11.9 Å². The molecule has 0 saturated heterocycles. The molecule has 1 aromatic rings. The lowest BCUT2D eigenvalue weighted by Crippen LogP contribution is -2.10. The quantitative estimate of drug-likeness (QED) is 0.719. The van der Waals surface area contributed by atoms with Crippen molar-refractivity contribution in [1.82, 2.24) is 0 Å². The van der Waals surface area contributed by atoms with Crippen molar-refractivity contribution in [2.24, 2.45) is 0 Å². The smallest absolute Gasteiger partial charge is 0.311 e. The number of hydrogen-bond donors (Lipinski definition) is 1. The molecular formula is C11H12O2. The summed E-state index contributed by atoms with van der Waals surface area (Å²) in [5.41, 5.74) is 0.440. The fraction of sp³-hybridized carbons (Fsp3) is 0.182. The topological polar surface area (TPSA) is 37.3 Å². The Morgan fingerprint density at radius 3 is 2.69 bits per heavy atom. The van der Waals surface area contributed by atoms with Crippen LogP contribution in [0.1, 0.15) is 20.6 Å². The van der Waals surface area contributed by atoms with Gasteiger partial charge in [0.2, 0.25) is 0 Å². The number of carboxylic acids is 1. The van der Waals surface area contributed by atoms with Crippen molar-refractivity contribution in [2.75, 3.05) is 0 Å². The van der Waals surface area contributed by atoms with E-state index in [4.69, 9.17) is 7.85 Å². The van der Waals surface area contributed by atoms with Gasteiger partial charge >= 0.3 is 5.97 Å². The Hall–Kier alpha value is -1.57. The molecule has 68 valence electrons. The van der Waals surface area contributed by atoms with E-state index in [2.05, 4.69) is 6.58 Å². The zero-order valence-corrected chi connectivity index (χ0v) is 7.10. The SMILES string of the molecule is [2H]C([2H])(C=C)C(C(=O)O)c1ccccc1. The largest absolute Gasteiger partial charge is 0.481 e. The first-order valence-corrected chi connectivity index (χ1v) is 3.90. The van der Waals surface area contributed by atoms with Crippen LogP contribution in [0.4, 0.5) is 0 Å². The van der Waals surface area contributed by atoms with E-state index in [1.165, 1.54) is 0 Å². The van der Waals surface area contributed by atoms with Crippen LogP contribution in [0.2, 0.25) is 0 Å². The van der Waals surface area contributed by atoms with E-state index in [1.54, 1.807) is 30.3 Å². The van der Waals surface area contributed by atoms with Gasteiger partial charge in [0, 0.05) is 2.74 Å². The summed E-state index contributed by atoms with van der Waals surface area (Å²) in [6.45, 7) is 3.32. The second-order valence-electron chi connectivity index (χ2n) is 2.55. The van der Waals surface area contributed by atoms with Gasteiger partial charge in [0.25, 0.3) is 0 Å². The minimum atomic E-state index is -1.95. The average Bonchev–Trinajstić information content (AvgIpc) is 2.18. The van der Waals surface area contributed by atoms with E-state index < -0.39 is 18.3 Å². The minimum Gasteiger partial charge on any atom is -0.481 e. The summed E-state index contributed by atoms with van der Waals surface area (Å²) in [6, 6.07) is 8.32. The Morgan fingerprint density at radius 1 is 1.62 bits per heavy atom. The van der Waals surface area contributed by atoms with Crippen LogP contribution < -0.4 is 0 Å². The highest BCUT2D eigenvalue weighted by Crippen LogP contribution is 2.19. The molecule has 2 nitrogen and oxygen atoms in total. The molecule has 0 aliphatic carbocycles. The third-order valence-electron chi connectivity index (χ3n) is 1.66. The zero-order valence-electron chi connectivity index (χ0n) is 9.10. The predicted molar refractivity (Wildman–Crippen MR) is 51.6 cm³/mol. The van der Waals surface area contributed by atoms with Crippen LogP contribution in [0.15, 0.2) is 43.0 Å².